The zero-order valence-electron chi connectivity index (χ0n) is 14.0. The molecule has 130 valence electrons. The highest BCUT2D eigenvalue weighted by atomic mass is 35.5. The average Bonchev–Trinajstić information content (AvgIpc) is 2.55. The molecule has 5 heteroatoms. The number of rotatable bonds is 8. The van der Waals surface area contributed by atoms with Gasteiger partial charge in [0.15, 0.2) is 0 Å². The van der Waals surface area contributed by atoms with Gasteiger partial charge in [-0.15, -0.1) is 0 Å². The van der Waals surface area contributed by atoms with Crippen LogP contribution >= 0.6 is 23.2 Å². The van der Waals surface area contributed by atoms with Crippen LogP contribution in [-0.2, 0) is 6.54 Å². The first-order valence-electron chi connectivity index (χ1n) is 7.99. The lowest BCUT2D eigenvalue weighted by Crippen LogP contribution is -2.39. The zero-order chi connectivity index (χ0) is 17.5. The Morgan fingerprint density at radius 2 is 1.71 bits per heavy atom. The number of ether oxygens (including phenoxy) is 1. The second kappa shape index (κ2) is 9.28. The van der Waals surface area contributed by atoms with Gasteiger partial charge in [0, 0.05) is 29.2 Å². The molecule has 1 unspecified atom stereocenters. The minimum absolute atomic E-state index is 0.230. The van der Waals surface area contributed by atoms with E-state index in [1.807, 2.05) is 24.3 Å². The molecule has 24 heavy (non-hydrogen) atoms. The molecular weight excluding hydrogens is 345 g/mol. The van der Waals surface area contributed by atoms with Gasteiger partial charge in [-0.1, -0.05) is 41.4 Å². The number of aliphatic hydroxyl groups excluding tert-OH is 1. The van der Waals surface area contributed by atoms with E-state index < -0.39 is 6.10 Å². The van der Waals surface area contributed by atoms with Crippen molar-refractivity contribution in [2.75, 3.05) is 13.2 Å². The summed E-state index contributed by atoms with van der Waals surface area (Å²) >= 11 is 12.1. The van der Waals surface area contributed by atoms with Gasteiger partial charge >= 0.3 is 0 Å². The van der Waals surface area contributed by atoms with Crippen molar-refractivity contribution in [2.45, 2.75) is 32.5 Å². The molecule has 0 aliphatic heterocycles. The van der Waals surface area contributed by atoms with E-state index in [0.29, 0.717) is 23.9 Å². The van der Waals surface area contributed by atoms with E-state index in [4.69, 9.17) is 27.9 Å². The highest BCUT2D eigenvalue weighted by molar-refractivity contribution is 6.31. The summed E-state index contributed by atoms with van der Waals surface area (Å²) in [6.45, 7) is 5.63. The average molecular weight is 368 g/mol. The molecular formula is C19H23Cl2NO2. The van der Waals surface area contributed by atoms with Gasteiger partial charge in [-0.2, -0.15) is 0 Å². The Kier molecular flexibility index (Phi) is 7.38. The van der Waals surface area contributed by atoms with Crippen LogP contribution in [0.3, 0.4) is 0 Å². The van der Waals surface area contributed by atoms with E-state index in [9.17, 15) is 5.11 Å². The minimum Gasteiger partial charge on any atom is -0.491 e. The maximum Gasteiger partial charge on any atom is 0.119 e. The fourth-order valence-corrected chi connectivity index (χ4v) is 2.67. The first-order chi connectivity index (χ1) is 11.5. The molecule has 0 aromatic heterocycles. The van der Waals surface area contributed by atoms with Crippen molar-refractivity contribution in [1.82, 2.24) is 4.90 Å². The lowest BCUT2D eigenvalue weighted by atomic mass is 10.1. The number of halogens is 2. The lowest BCUT2D eigenvalue weighted by molar-refractivity contribution is 0.0543. The molecule has 0 aliphatic carbocycles. The molecule has 2 aromatic carbocycles. The van der Waals surface area contributed by atoms with E-state index in [0.717, 1.165) is 10.6 Å². The van der Waals surface area contributed by atoms with Gasteiger partial charge in [0.05, 0.1) is 0 Å². The summed E-state index contributed by atoms with van der Waals surface area (Å²) in [5.41, 5.74) is 1.05. The predicted octanol–water partition coefficient (Wildman–Crippen LogP) is 4.64. The fourth-order valence-electron chi connectivity index (χ4n) is 2.35. The Morgan fingerprint density at radius 1 is 1.04 bits per heavy atom. The quantitative estimate of drug-likeness (QED) is 0.737. The number of benzene rings is 2. The van der Waals surface area contributed by atoms with Gasteiger partial charge in [-0.25, -0.2) is 0 Å². The Hall–Kier alpha value is -1.26. The highest BCUT2D eigenvalue weighted by Crippen LogP contribution is 2.19. The molecule has 1 N–H and O–H groups in total. The van der Waals surface area contributed by atoms with E-state index in [-0.39, 0.29) is 12.6 Å². The van der Waals surface area contributed by atoms with Gasteiger partial charge in [-0.05, 0) is 49.7 Å². The topological polar surface area (TPSA) is 32.7 Å². The molecule has 0 bridgehead atoms. The molecule has 0 amide bonds. The van der Waals surface area contributed by atoms with Gasteiger partial charge in [0.25, 0.3) is 0 Å². The Balaban J connectivity index is 1.89. The third-order valence-electron chi connectivity index (χ3n) is 3.76. The van der Waals surface area contributed by atoms with Crippen LogP contribution in [0.5, 0.6) is 5.75 Å². The molecule has 1 atom stereocenters. The molecule has 0 saturated heterocycles. The Labute approximate surface area is 153 Å². The summed E-state index contributed by atoms with van der Waals surface area (Å²) in [4.78, 5) is 2.18. The molecule has 2 aromatic rings. The van der Waals surface area contributed by atoms with E-state index >= 15 is 0 Å². The molecule has 0 heterocycles. The van der Waals surface area contributed by atoms with Crippen molar-refractivity contribution in [3.63, 3.8) is 0 Å². The number of aliphatic hydroxyl groups is 1. The van der Waals surface area contributed by atoms with Gasteiger partial charge in [0.2, 0.25) is 0 Å². The van der Waals surface area contributed by atoms with Crippen LogP contribution < -0.4 is 4.74 Å². The highest BCUT2D eigenvalue weighted by Gasteiger charge is 2.17. The predicted molar refractivity (Wildman–Crippen MR) is 100.0 cm³/mol. The maximum absolute atomic E-state index is 10.3. The van der Waals surface area contributed by atoms with E-state index in [1.165, 1.54) is 0 Å². The van der Waals surface area contributed by atoms with Crippen LogP contribution in [-0.4, -0.2) is 35.3 Å². The van der Waals surface area contributed by atoms with Crippen molar-refractivity contribution in [2.24, 2.45) is 0 Å². The summed E-state index contributed by atoms with van der Waals surface area (Å²) in [6.07, 6.45) is -0.592. The molecule has 0 saturated carbocycles. The summed E-state index contributed by atoms with van der Waals surface area (Å²) in [5.74, 6) is 0.695. The molecule has 0 spiro atoms. The van der Waals surface area contributed by atoms with Crippen LogP contribution in [0.2, 0.25) is 10.0 Å². The molecule has 3 nitrogen and oxygen atoms in total. The third kappa shape index (κ3) is 5.99. The van der Waals surface area contributed by atoms with Crippen LogP contribution in [0.25, 0.3) is 0 Å². The Bertz CT molecular complexity index is 632. The van der Waals surface area contributed by atoms with E-state index in [1.54, 1.807) is 24.3 Å². The smallest absolute Gasteiger partial charge is 0.119 e. The molecule has 0 radical (unpaired) electrons. The van der Waals surface area contributed by atoms with Gasteiger partial charge in [0.1, 0.15) is 18.5 Å². The largest absolute Gasteiger partial charge is 0.491 e. The number of hydrogen-bond acceptors (Lipinski definition) is 3. The fraction of sp³-hybridized carbons (Fsp3) is 0.368. The zero-order valence-corrected chi connectivity index (χ0v) is 15.5. The summed E-state index contributed by atoms with van der Waals surface area (Å²) in [7, 11) is 0. The summed E-state index contributed by atoms with van der Waals surface area (Å²) in [5, 5.41) is 11.7. The first kappa shape index (κ1) is 19.1. The summed E-state index contributed by atoms with van der Waals surface area (Å²) < 4.78 is 5.62. The van der Waals surface area contributed by atoms with Crippen LogP contribution in [0.4, 0.5) is 0 Å². The van der Waals surface area contributed by atoms with Crippen LogP contribution in [0, 0.1) is 0 Å². The minimum atomic E-state index is -0.592. The monoisotopic (exact) mass is 367 g/mol. The second-order valence-corrected chi connectivity index (χ2v) is 6.88. The SMILES string of the molecule is CC(C)N(Cc1ccccc1Cl)CC(O)COc1ccc(Cl)cc1. The van der Waals surface area contributed by atoms with Crippen molar-refractivity contribution in [1.29, 1.82) is 0 Å². The van der Waals surface area contributed by atoms with Crippen molar-refractivity contribution in [3.05, 3.63) is 64.1 Å². The lowest BCUT2D eigenvalue weighted by Gasteiger charge is -2.29. The number of hydrogen-bond donors (Lipinski definition) is 1. The molecule has 2 rings (SSSR count). The van der Waals surface area contributed by atoms with Crippen molar-refractivity contribution >= 4 is 23.2 Å². The van der Waals surface area contributed by atoms with Gasteiger partial charge < -0.3 is 9.84 Å². The maximum atomic E-state index is 10.3. The molecule has 0 aliphatic rings. The second-order valence-electron chi connectivity index (χ2n) is 6.03. The normalized spacial score (nSPS) is 12.6. The van der Waals surface area contributed by atoms with E-state index in [2.05, 4.69) is 18.7 Å². The third-order valence-corrected chi connectivity index (χ3v) is 4.38. The van der Waals surface area contributed by atoms with Crippen molar-refractivity contribution in [3.8, 4) is 5.75 Å². The van der Waals surface area contributed by atoms with Crippen LogP contribution in [0.15, 0.2) is 48.5 Å². The first-order valence-corrected chi connectivity index (χ1v) is 8.75. The van der Waals surface area contributed by atoms with Crippen molar-refractivity contribution < 1.29 is 9.84 Å². The Morgan fingerprint density at radius 3 is 2.33 bits per heavy atom. The summed E-state index contributed by atoms with van der Waals surface area (Å²) in [6, 6.07) is 15.2. The standard InChI is InChI=1S/C19H23Cl2NO2/c1-14(2)22(11-15-5-3-4-6-19(15)21)12-17(23)13-24-18-9-7-16(20)8-10-18/h3-10,14,17,23H,11-13H2,1-2H3. The van der Waals surface area contributed by atoms with Crippen LogP contribution in [0.1, 0.15) is 19.4 Å². The molecule has 0 fully saturated rings. The van der Waals surface area contributed by atoms with Gasteiger partial charge in [-0.3, -0.25) is 4.90 Å². The number of nitrogens with zero attached hydrogens (tertiary/aromatic N) is 1.